The zero-order chi connectivity index (χ0) is 23.6. The molecule has 0 N–H and O–H groups in total. The molecule has 0 atom stereocenters. The molecule has 0 aliphatic carbocycles. The third-order valence-electron chi connectivity index (χ3n) is 5.29. The van der Waals surface area contributed by atoms with E-state index in [2.05, 4.69) is 4.98 Å². The van der Waals surface area contributed by atoms with Crippen LogP contribution in [0.2, 0.25) is 15.1 Å². The van der Waals surface area contributed by atoms with Gasteiger partial charge in [-0.3, -0.25) is 9.78 Å². The van der Waals surface area contributed by atoms with E-state index in [1.165, 1.54) is 14.2 Å². The number of carbonyl (C=O) groups excluding carboxylic acids is 1. The number of methoxy groups -OCH3 is 2. The summed E-state index contributed by atoms with van der Waals surface area (Å²) in [5.74, 6) is 0.564. The van der Waals surface area contributed by atoms with Crippen molar-refractivity contribution in [1.29, 1.82) is 0 Å². The molecule has 0 bridgehead atoms. The molecule has 1 aromatic heterocycles. The second-order valence-electron chi connectivity index (χ2n) is 7.22. The van der Waals surface area contributed by atoms with Gasteiger partial charge in [0.1, 0.15) is 0 Å². The van der Waals surface area contributed by atoms with E-state index < -0.39 is 11.7 Å². The lowest BCUT2D eigenvalue weighted by Gasteiger charge is -2.31. The van der Waals surface area contributed by atoms with Crippen molar-refractivity contribution in [2.75, 3.05) is 20.8 Å². The van der Waals surface area contributed by atoms with Gasteiger partial charge in [-0.25, -0.2) is 0 Å². The van der Waals surface area contributed by atoms with Crippen LogP contribution in [0.15, 0.2) is 12.3 Å². The van der Waals surface area contributed by atoms with Crippen LogP contribution >= 0.6 is 34.8 Å². The van der Waals surface area contributed by atoms with Crippen molar-refractivity contribution in [1.82, 2.24) is 9.88 Å². The fraction of sp³-hybridized carbons (Fsp3) is 0.429. The Bertz CT molecular complexity index is 1030. The van der Waals surface area contributed by atoms with E-state index in [1.807, 2.05) is 0 Å². The summed E-state index contributed by atoms with van der Waals surface area (Å²) < 4.78 is 48.8. The van der Waals surface area contributed by atoms with Gasteiger partial charge in [-0.2, -0.15) is 13.2 Å². The lowest BCUT2D eigenvalue weighted by atomic mass is 9.97. The maximum Gasteiger partial charge on any atom is 0.417 e. The van der Waals surface area contributed by atoms with Crippen LogP contribution in [0.25, 0.3) is 0 Å². The summed E-state index contributed by atoms with van der Waals surface area (Å²) in [6.45, 7) is 0.725. The summed E-state index contributed by atoms with van der Waals surface area (Å²) in [4.78, 5) is 18.2. The fourth-order valence-electron chi connectivity index (χ4n) is 3.63. The summed E-state index contributed by atoms with van der Waals surface area (Å²) in [6.07, 6.45) is -2.39. The van der Waals surface area contributed by atoms with Gasteiger partial charge < -0.3 is 14.4 Å². The maximum absolute atomic E-state index is 12.7. The number of aromatic nitrogens is 1. The molecule has 32 heavy (non-hydrogen) atoms. The Balaban J connectivity index is 1.66. The average molecular weight is 512 g/mol. The molecule has 1 aliphatic rings. The van der Waals surface area contributed by atoms with Crippen LogP contribution in [0, 0.1) is 0 Å². The quantitative estimate of drug-likeness (QED) is 0.478. The molecule has 11 heteroatoms. The number of fused-ring (bicyclic) bond motifs is 1. The van der Waals surface area contributed by atoms with Crippen LogP contribution in [0.4, 0.5) is 13.2 Å². The van der Waals surface area contributed by atoms with Crippen molar-refractivity contribution >= 4 is 40.7 Å². The Morgan fingerprint density at radius 1 is 1.12 bits per heavy atom. The molecule has 2 aromatic rings. The number of nitrogens with zero attached hydrogens (tertiary/aromatic N) is 2. The predicted molar refractivity (Wildman–Crippen MR) is 116 cm³/mol. The van der Waals surface area contributed by atoms with E-state index in [-0.39, 0.29) is 30.3 Å². The van der Waals surface area contributed by atoms with E-state index in [9.17, 15) is 18.0 Å². The Hall–Kier alpha value is -1.90. The SMILES string of the molecule is COc1c(Cl)c2c(c(Cl)c1OC)CN(C(=O)CCCc1ncc(C(F)(F)F)cc1Cl)CC2. The number of halogens is 6. The molecule has 174 valence electrons. The van der Waals surface area contributed by atoms with Crippen LogP contribution in [-0.2, 0) is 30.4 Å². The zero-order valence-corrected chi connectivity index (χ0v) is 19.6. The Morgan fingerprint density at radius 2 is 1.75 bits per heavy atom. The molecule has 0 fully saturated rings. The smallest absolute Gasteiger partial charge is 0.417 e. The minimum absolute atomic E-state index is 0.0679. The molecule has 1 aliphatic heterocycles. The lowest BCUT2D eigenvalue weighted by molar-refractivity contribution is -0.137. The first-order chi connectivity index (χ1) is 15.1. The standard InChI is InChI=1S/C21H20Cl3F3N2O3/c1-31-19-17(23)12-6-7-29(10-13(12)18(24)20(19)32-2)16(30)5-3-4-15-14(22)8-11(9-28-15)21(25,26)27/h8-9H,3-7,10H2,1-2H3. The van der Waals surface area contributed by atoms with Gasteiger partial charge in [-0.15, -0.1) is 0 Å². The van der Waals surface area contributed by atoms with E-state index in [4.69, 9.17) is 44.3 Å². The van der Waals surface area contributed by atoms with Crippen LogP contribution in [0.3, 0.4) is 0 Å². The zero-order valence-electron chi connectivity index (χ0n) is 17.3. The number of amides is 1. The number of benzene rings is 1. The molecule has 0 radical (unpaired) electrons. The van der Waals surface area contributed by atoms with E-state index in [0.29, 0.717) is 52.2 Å². The predicted octanol–water partition coefficient (Wildman–Crippen LogP) is 5.99. The molecule has 0 spiro atoms. The Kier molecular flexibility index (Phi) is 7.68. The normalized spacial score (nSPS) is 13.7. The largest absolute Gasteiger partial charge is 0.491 e. The van der Waals surface area contributed by atoms with E-state index in [1.54, 1.807) is 4.90 Å². The van der Waals surface area contributed by atoms with Crippen molar-refractivity contribution < 1.29 is 27.4 Å². The van der Waals surface area contributed by atoms with Gasteiger partial charge in [-0.05, 0) is 36.5 Å². The number of pyridine rings is 1. The minimum atomic E-state index is -4.51. The van der Waals surface area contributed by atoms with Crippen LogP contribution < -0.4 is 9.47 Å². The van der Waals surface area contributed by atoms with Crippen LogP contribution in [0.5, 0.6) is 11.5 Å². The highest BCUT2D eigenvalue weighted by atomic mass is 35.5. The third kappa shape index (κ3) is 5.02. The second-order valence-corrected chi connectivity index (χ2v) is 8.38. The monoisotopic (exact) mass is 510 g/mol. The van der Waals surface area contributed by atoms with Gasteiger partial charge >= 0.3 is 6.18 Å². The summed E-state index contributed by atoms with van der Waals surface area (Å²) in [6, 6.07) is 0.848. The number of rotatable bonds is 6. The van der Waals surface area contributed by atoms with Gasteiger partial charge in [0.25, 0.3) is 0 Å². The first kappa shape index (κ1) is 24.7. The third-order valence-corrected chi connectivity index (χ3v) is 6.42. The first-order valence-corrected chi connectivity index (χ1v) is 10.8. The fourth-order valence-corrected chi connectivity index (χ4v) is 4.60. The summed E-state index contributed by atoms with van der Waals surface area (Å²) in [5, 5.41) is 0.697. The molecule has 1 amide bonds. The number of aryl methyl sites for hydroxylation is 1. The topological polar surface area (TPSA) is 51.7 Å². The first-order valence-electron chi connectivity index (χ1n) is 9.68. The van der Waals surface area contributed by atoms with Crippen LogP contribution in [0.1, 0.15) is 35.2 Å². The van der Waals surface area contributed by atoms with Gasteiger partial charge in [0, 0.05) is 25.7 Å². The van der Waals surface area contributed by atoms with Crippen molar-refractivity contribution in [3.05, 3.63) is 49.7 Å². The molecular formula is C21H20Cl3F3N2O3. The Morgan fingerprint density at radius 3 is 2.31 bits per heavy atom. The lowest BCUT2D eigenvalue weighted by Crippen LogP contribution is -2.36. The van der Waals surface area contributed by atoms with Crippen molar-refractivity contribution in [2.24, 2.45) is 0 Å². The maximum atomic E-state index is 12.7. The van der Waals surface area contributed by atoms with E-state index in [0.717, 1.165) is 17.8 Å². The molecule has 1 aromatic carbocycles. The van der Waals surface area contributed by atoms with Gasteiger partial charge in [-0.1, -0.05) is 34.8 Å². The molecule has 3 rings (SSSR count). The number of hydrogen-bond acceptors (Lipinski definition) is 4. The number of carbonyl (C=O) groups is 1. The minimum Gasteiger partial charge on any atom is -0.491 e. The molecule has 0 saturated heterocycles. The molecule has 0 unspecified atom stereocenters. The van der Waals surface area contributed by atoms with Crippen molar-refractivity contribution in [3.63, 3.8) is 0 Å². The Labute approximate surface area is 198 Å². The average Bonchev–Trinajstić information content (AvgIpc) is 2.75. The number of hydrogen-bond donors (Lipinski definition) is 0. The number of ether oxygens (including phenoxy) is 2. The van der Waals surface area contributed by atoms with Crippen molar-refractivity contribution in [3.8, 4) is 11.5 Å². The molecule has 0 saturated carbocycles. The molecular weight excluding hydrogens is 492 g/mol. The number of alkyl halides is 3. The van der Waals surface area contributed by atoms with Gasteiger partial charge in [0.15, 0.2) is 11.5 Å². The molecule has 5 nitrogen and oxygen atoms in total. The van der Waals surface area contributed by atoms with Gasteiger partial charge in [0.05, 0.1) is 40.5 Å². The van der Waals surface area contributed by atoms with Crippen LogP contribution in [-0.4, -0.2) is 36.6 Å². The van der Waals surface area contributed by atoms with Crippen molar-refractivity contribution in [2.45, 2.75) is 38.4 Å². The van der Waals surface area contributed by atoms with E-state index >= 15 is 0 Å². The summed E-state index contributed by atoms with van der Waals surface area (Å²) >= 11 is 18.9. The second kappa shape index (κ2) is 9.93. The highest BCUT2D eigenvalue weighted by molar-refractivity contribution is 6.37. The highest BCUT2D eigenvalue weighted by Crippen LogP contribution is 2.47. The van der Waals surface area contributed by atoms with Gasteiger partial charge in [0.2, 0.25) is 5.91 Å². The highest BCUT2D eigenvalue weighted by Gasteiger charge is 2.32. The molecule has 2 heterocycles. The summed E-state index contributed by atoms with van der Waals surface area (Å²) in [7, 11) is 2.93. The summed E-state index contributed by atoms with van der Waals surface area (Å²) in [5.41, 5.74) is 0.945.